The molecular formula is C71H72O9. The van der Waals surface area contributed by atoms with Crippen molar-refractivity contribution in [2.24, 2.45) is 0 Å². The van der Waals surface area contributed by atoms with E-state index in [1.54, 1.807) is 14.2 Å². The first-order valence-electron chi connectivity index (χ1n) is 28.2. The molecule has 0 amide bonds. The Bertz CT molecular complexity index is 3390. The van der Waals surface area contributed by atoms with Gasteiger partial charge in [-0.1, -0.05) is 146 Å². The second-order valence-corrected chi connectivity index (χ2v) is 23.1. The van der Waals surface area contributed by atoms with Crippen LogP contribution in [0, 0.1) is 0 Å². The molecule has 0 spiro atoms. The summed E-state index contributed by atoms with van der Waals surface area (Å²) in [6.07, 6.45) is 1.14. The molecule has 12 rings (SSSR count). The number of benzene rings is 8. The maximum Gasteiger partial charge on any atom is 0.119 e. The lowest BCUT2D eigenvalue weighted by Gasteiger charge is -2.34. The number of methoxy groups -OCH3 is 2. The average Bonchev–Trinajstić information content (AvgIpc) is 4.60. The molecular weight excluding hydrogens is 997 g/mol. The van der Waals surface area contributed by atoms with Crippen molar-refractivity contribution >= 4 is 0 Å². The number of hydrogen-bond acceptors (Lipinski definition) is 9. The second kappa shape index (κ2) is 22.0. The Morgan fingerprint density at radius 2 is 0.850 bits per heavy atom. The van der Waals surface area contributed by atoms with Gasteiger partial charge in [-0.3, -0.25) is 0 Å². The summed E-state index contributed by atoms with van der Waals surface area (Å²) in [5, 5.41) is 11.5. The van der Waals surface area contributed by atoms with Gasteiger partial charge in [-0.2, -0.15) is 0 Å². The van der Waals surface area contributed by atoms with E-state index in [4.69, 9.17) is 37.9 Å². The molecule has 2 aliphatic heterocycles. The largest absolute Gasteiger partial charge is 0.497 e. The smallest absolute Gasteiger partial charge is 0.119 e. The van der Waals surface area contributed by atoms with E-state index in [1.807, 2.05) is 12.1 Å². The van der Waals surface area contributed by atoms with Crippen molar-refractivity contribution in [3.63, 3.8) is 0 Å². The zero-order chi connectivity index (χ0) is 55.1. The summed E-state index contributed by atoms with van der Waals surface area (Å²) in [5.74, 6) is 3.44. The van der Waals surface area contributed by atoms with E-state index in [1.165, 1.54) is 50.1 Å². The van der Waals surface area contributed by atoms with Crippen LogP contribution in [0.3, 0.4) is 0 Å². The molecule has 0 saturated carbocycles. The first-order chi connectivity index (χ1) is 38.9. The van der Waals surface area contributed by atoms with Crippen LogP contribution in [0.15, 0.2) is 194 Å². The molecule has 8 aromatic rings. The quantitative estimate of drug-likeness (QED) is 0.0665. The molecule has 2 aliphatic carbocycles. The highest BCUT2D eigenvalue weighted by molar-refractivity contribution is 5.64. The molecule has 7 unspecified atom stereocenters. The molecule has 9 nitrogen and oxygen atoms in total. The second-order valence-electron chi connectivity index (χ2n) is 23.1. The number of aliphatic hydroxyl groups excluding tert-OH is 1. The zero-order valence-electron chi connectivity index (χ0n) is 46.7. The van der Waals surface area contributed by atoms with Crippen LogP contribution in [0.4, 0.5) is 0 Å². The first kappa shape index (κ1) is 53.4. The van der Waals surface area contributed by atoms with Gasteiger partial charge in [0.2, 0.25) is 0 Å². The van der Waals surface area contributed by atoms with Crippen LogP contribution in [0.5, 0.6) is 23.0 Å². The molecule has 2 saturated heterocycles. The number of rotatable bonds is 22. The van der Waals surface area contributed by atoms with Crippen LogP contribution in [-0.2, 0) is 41.0 Å². The average molecular weight is 1070 g/mol. The van der Waals surface area contributed by atoms with Crippen molar-refractivity contribution in [3.05, 3.63) is 261 Å². The Morgan fingerprint density at radius 1 is 0.463 bits per heavy atom. The van der Waals surface area contributed by atoms with Gasteiger partial charge in [-0.25, -0.2) is 0 Å². The van der Waals surface area contributed by atoms with Crippen molar-refractivity contribution in [1.29, 1.82) is 0 Å². The van der Waals surface area contributed by atoms with Gasteiger partial charge in [0, 0.05) is 22.7 Å². The molecule has 0 bridgehead atoms. The summed E-state index contributed by atoms with van der Waals surface area (Å²) in [4.78, 5) is 0. The first-order valence-corrected chi connectivity index (χ1v) is 28.2. The van der Waals surface area contributed by atoms with Crippen molar-refractivity contribution in [2.75, 3.05) is 53.9 Å². The van der Waals surface area contributed by atoms with E-state index in [9.17, 15) is 5.11 Å². The van der Waals surface area contributed by atoms with E-state index in [0.717, 1.165) is 60.0 Å². The van der Waals surface area contributed by atoms with Crippen LogP contribution < -0.4 is 18.9 Å². The van der Waals surface area contributed by atoms with E-state index in [2.05, 4.69) is 210 Å². The van der Waals surface area contributed by atoms with Crippen LogP contribution in [0.25, 0.3) is 0 Å². The third-order valence-electron chi connectivity index (χ3n) is 17.4. The number of fused-ring (bicyclic) bond motifs is 2. The fourth-order valence-corrected chi connectivity index (χ4v) is 12.6. The molecule has 410 valence electrons. The van der Waals surface area contributed by atoms with E-state index < -0.39 is 28.1 Å². The Kier molecular flexibility index (Phi) is 14.7. The van der Waals surface area contributed by atoms with Gasteiger partial charge in [0.15, 0.2) is 0 Å². The predicted molar refractivity (Wildman–Crippen MR) is 312 cm³/mol. The summed E-state index contributed by atoms with van der Waals surface area (Å²) in [6, 6.07) is 69.5. The summed E-state index contributed by atoms with van der Waals surface area (Å²) in [5.41, 5.74) is 12.1. The van der Waals surface area contributed by atoms with Crippen LogP contribution in [0.2, 0.25) is 0 Å². The highest BCUT2D eigenvalue weighted by Crippen LogP contribution is 2.58. The minimum atomic E-state index is -0.879. The van der Waals surface area contributed by atoms with E-state index in [0.29, 0.717) is 19.0 Å². The minimum absolute atomic E-state index is 0.0635. The third-order valence-corrected chi connectivity index (χ3v) is 17.4. The third kappa shape index (κ3) is 10.5. The molecule has 9 heteroatoms. The van der Waals surface area contributed by atoms with Crippen LogP contribution in [0.1, 0.15) is 119 Å². The van der Waals surface area contributed by atoms with Crippen molar-refractivity contribution in [1.82, 2.24) is 0 Å². The van der Waals surface area contributed by atoms with Gasteiger partial charge in [-0.05, 0) is 156 Å². The zero-order valence-corrected chi connectivity index (χ0v) is 46.7. The summed E-state index contributed by atoms with van der Waals surface area (Å²) < 4.78 is 48.0. The monoisotopic (exact) mass is 1070 g/mol. The maximum atomic E-state index is 11.5. The summed E-state index contributed by atoms with van der Waals surface area (Å²) in [6.45, 7) is 11.1. The van der Waals surface area contributed by atoms with Gasteiger partial charge < -0.3 is 43.0 Å². The lowest BCUT2D eigenvalue weighted by Crippen LogP contribution is -2.31. The SMILES string of the molecule is COc1ccc2c(c1)C(c1ccc(OCC3CO3)cc1)(c1ccc(C(C)(C)OCC(O)COc3ccc(C4(c5ccc(C(C)(C)OCC6CO6)cc5)CC(c5ccccc5)c5ccc(OC)cc54)cc3)cc1)CC2c1ccccc1. The fraction of sp³-hybridized carbons (Fsp3) is 0.324. The Morgan fingerprint density at radius 3 is 1.27 bits per heavy atom. The van der Waals surface area contributed by atoms with E-state index in [-0.39, 0.29) is 37.3 Å². The molecule has 2 heterocycles. The minimum Gasteiger partial charge on any atom is -0.497 e. The summed E-state index contributed by atoms with van der Waals surface area (Å²) in [7, 11) is 3.46. The summed E-state index contributed by atoms with van der Waals surface area (Å²) >= 11 is 0. The highest BCUT2D eigenvalue weighted by Gasteiger charge is 2.49. The normalized spacial score (nSPS) is 22.2. The van der Waals surface area contributed by atoms with Crippen molar-refractivity contribution in [3.8, 4) is 23.0 Å². The Labute approximate surface area is 471 Å². The number of ether oxygens (including phenoxy) is 8. The Hall–Kier alpha value is -7.24. The predicted octanol–water partition coefficient (Wildman–Crippen LogP) is 13.6. The maximum absolute atomic E-state index is 11.5. The van der Waals surface area contributed by atoms with Gasteiger partial charge >= 0.3 is 0 Å². The molecule has 4 aliphatic rings. The number of hydrogen-bond donors (Lipinski definition) is 1. The van der Waals surface area contributed by atoms with Gasteiger partial charge in [0.05, 0.1) is 51.8 Å². The molecule has 2 fully saturated rings. The standard InChI is InChI=1S/C71H72O9/c1-68(2,49-17-21-51(22-18-49)71(54-27-31-57(32-28-54)76-43-60-44-77-60)40-65(48-15-11-8-12-16-48)63-36-34-59(74-6)38-67(63)71)79-42-55(72)41-75-56-29-25-53(26-30-56)70(52-23-19-50(20-24-52)69(3,4)80-46-61-45-78-61)39-64(47-13-9-7-10-14-47)62-35-33-58(73-5)37-66(62)70/h7-38,55,60-61,64-65,72H,39-46H2,1-6H3. The van der Waals surface area contributed by atoms with Gasteiger partial charge in [0.25, 0.3) is 0 Å². The number of aliphatic hydroxyl groups is 1. The fourth-order valence-electron chi connectivity index (χ4n) is 12.6. The van der Waals surface area contributed by atoms with Crippen molar-refractivity contribution < 1.29 is 43.0 Å². The van der Waals surface area contributed by atoms with Crippen LogP contribution >= 0.6 is 0 Å². The topological polar surface area (TPSA) is 101 Å². The highest BCUT2D eigenvalue weighted by atomic mass is 16.6. The van der Waals surface area contributed by atoms with Gasteiger partial charge in [-0.15, -0.1) is 0 Å². The molecule has 0 aromatic heterocycles. The molecule has 1 N–H and O–H groups in total. The number of epoxide rings is 2. The lowest BCUT2D eigenvalue weighted by molar-refractivity contribution is -0.0717. The van der Waals surface area contributed by atoms with Crippen LogP contribution in [-0.4, -0.2) is 77.3 Å². The molecule has 80 heavy (non-hydrogen) atoms. The van der Waals surface area contributed by atoms with Crippen molar-refractivity contribution in [2.45, 2.75) is 92.7 Å². The molecule has 8 aromatic carbocycles. The lowest BCUT2D eigenvalue weighted by atomic mass is 9.69. The Balaban J connectivity index is 0.771. The van der Waals surface area contributed by atoms with Gasteiger partial charge in [0.1, 0.15) is 54.5 Å². The molecule has 0 radical (unpaired) electrons. The van der Waals surface area contributed by atoms with E-state index >= 15 is 0 Å². The molecule has 7 atom stereocenters.